The average molecular weight is 455 g/mol. The van der Waals surface area contributed by atoms with E-state index in [1.54, 1.807) is 24.3 Å². The molecule has 4 heteroatoms. The van der Waals surface area contributed by atoms with Gasteiger partial charge in [-0.1, -0.05) is 108 Å². The summed E-state index contributed by atoms with van der Waals surface area (Å²) in [6.07, 6.45) is 0. The van der Waals surface area contributed by atoms with E-state index >= 15 is 0 Å². The lowest BCUT2D eigenvalue weighted by atomic mass is 9.86. The van der Waals surface area contributed by atoms with Gasteiger partial charge in [-0.05, 0) is 28.0 Å². The van der Waals surface area contributed by atoms with E-state index in [2.05, 4.69) is 41.5 Å². The van der Waals surface area contributed by atoms with Crippen LogP contribution in [0.4, 0.5) is 0 Å². The Bertz CT molecular complexity index is 1150. The first-order valence-electron chi connectivity index (χ1n) is 11.3. The first-order chi connectivity index (χ1) is 15.8. The van der Waals surface area contributed by atoms with Crippen LogP contribution in [-0.2, 0) is 10.8 Å². The zero-order chi connectivity index (χ0) is 25.3. The number of ketones is 4. The van der Waals surface area contributed by atoms with Crippen molar-refractivity contribution in [1.82, 2.24) is 0 Å². The lowest BCUT2D eigenvalue weighted by Crippen LogP contribution is -2.18. The average Bonchev–Trinajstić information content (AvgIpc) is 2.81. The summed E-state index contributed by atoms with van der Waals surface area (Å²) in [6.45, 7) is 12.4. The topological polar surface area (TPSA) is 68.3 Å². The predicted molar refractivity (Wildman–Crippen MR) is 134 cm³/mol. The van der Waals surface area contributed by atoms with E-state index in [-0.39, 0.29) is 33.1 Å². The molecule has 174 valence electrons. The number of carbonyl (C=O) groups is 4. The quantitative estimate of drug-likeness (QED) is 0.319. The van der Waals surface area contributed by atoms with E-state index in [1.807, 2.05) is 24.3 Å². The van der Waals surface area contributed by atoms with Gasteiger partial charge in [0.1, 0.15) is 0 Å². The van der Waals surface area contributed by atoms with Crippen molar-refractivity contribution in [2.45, 2.75) is 52.4 Å². The lowest BCUT2D eigenvalue weighted by molar-refractivity contribution is 0.0812. The molecular weight excluding hydrogens is 424 g/mol. The number of Topliss-reactive ketones (excluding diaryl/α,β-unsaturated/α-hetero) is 4. The summed E-state index contributed by atoms with van der Waals surface area (Å²) in [4.78, 5) is 51.2. The van der Waals surface area contributed by atoms with Gasteiger partial charge in [-0.15, -0.1) is 0 Å². The summed E-state index contributed by atoms with van der Waals surface area (Å²) in [5.74, 6) is -2.76. The molecule has 0 unspecified atom stereocenters. The largest absolute Gasteiger partial charge is 0.285 e. The monoisotopic (exact) mass is 454 g/mol. The fourth-order valence-electron chi connectivity index (χ4n) is 3.57. The van der Waals surface area contributed by atoms with Crippen molar-refractivity contribution < 1.29 is 19.2 Å². The van der Waals surface area contributed by atoms with Crippen LogP contribution in [0.5, 0.6) is 0 Å². The fraction of sp³-hybridized carbons (Fsp3) is 0.267. The zero-order valence-electron chi connectivity index (χ0n) is 20.6. The predicted octanol–water partition coefficient (Wildman–Crippen LogP) is 6.41. The molecule has 0 atom stereocenters. The van der Waals surface area contributed by atoms with Gasteiger partial charge in [-0.2, -0.15) is 0 Å². The van der Waals surface area contributed by atoms with Crippen LogP contribution in [0.2, 0.25) is 0 Å². The second-order valence-electron chi connectivity index (χ2n) is 10.6. The van der Waals surface area contributed by atoms with Crippen LogP contribution in [-0.4, -0.2) is 23.1 Å². The highest BCUT2D eigenvalue weighted by Gasteiger charge is 2.24. The molecule has 3 aromatic rings. The maximum atomic E-state index is 12.8. The summed E-state index contributed by atoms with van der Waals surface area (Å²) in [6, 6.07) is 19.7. The van der Waals surface area contributed by atoms with Crippen molar-refractivity contribution in [1.29, 1.82) is 0 Å². The molecule has 0 fully saturated rings. The molecule has 0 aliphatic rings. The van der Waals surface area contributed by atoms with Crippen LogP contribution in [0.1, 0.15) is 94.1 Å². The van der Waals surface area contributed by atoms with Gasteiger partial charge in [0, 0.05) is 22.3 Å². The number of rotatable bonds is 6. The third kappa shape index (κ3) is 5.45. The van der Waals surface area contributed by atoms with Gasteiger partial charge in [0.2, 0.25) is 23.1 Å². The number of benzene rings is 3. The Hall–Kier alpha value is -3.66. The summed E-state index contributed by atoms with van der Waals surface area (Å²) in [5.41, 5.74) is 2.68. The minimum Gasteiger partial charge on any atom is -0.285 e. The normalized spacial score (nSPS) is 11.7. The molecule has 0 N–H and O–H groups in total. The van der Waals surface area contributed by atoms with Gasteiger partial charge in [-0.25, -0.2) is 0 Å². The molecule has 3 rings (SSSR count). The van der Waals surface area contributed by atoms with Crippen molar-refractivity contribution in [3.8, 4) is 0 Å². The van der Waals surface area contributed by atoms with E-state index in [1.165, 1.54) is 24.3 Å². The van der Waals surface area contributed by atoms with Crippen LogP contribution in [0, 0.1) is 0 Å². The summed E-state index contributed by atoms with van der Waals surface area (Å²) < 4.78 is 0. The van der Waals surface area contributed by atoms with Gasteiger partial charge < -0.3 is 0 Å². The van der Waals surface area contributed by atoms with Crippen LogP contribution >= 0.6 is 0 Å². The molecule has 34 heavy (non-hydrogen) atoms. The van der Waals surface area contributed by atoms with Gasteiger partial charge in [0.05, 0.1) is 0 Å². The third-order valence-corrected chi connectivity index (χ3v) is 5.83. The minimum absolute atomic E-state index is 0.0696. The Labute approximate surface area is 201 Å². The molecule has 0 bridgehead atoms. The number of carbonyl (C=O) groups excluding carboxylic acids is 4. The molecule has 0 saturated carbocycles. The van der Waals surface area contributed by atoms with Crippen molar-refractivity contribution in [2.24, 2.45) is 0 Å². The second-order valence-corrected chi connectivity index (χ2v) is 10.6. The maximum Gasteiger partial charge on any atom is 0.233 e. The fourth-order valence-corrected chi connectivity index (χ4v) is 3.57. The standard InChI is InChI=1S/C30H30O4/c1-29(2,3)23-14-10-19(11-15-23)25(31)27(33)21-8-7-9-22(18-21)28(34)26(32)20-12-16-24(17-13-20)30(4,5)6/h7-18H,1-6H3. The SMILES string of the molecule is CC(C)(C)c1ccc(C(=O)C(=O)c2cccc(C(=O)C(=O)c3ccc(C(C)(C)C)cc3)c2)cc1. The summed E-state index contributed by atoms with van der Waals surface area (Å²) in [7, 11) is 0. The molecule has 0 aliphatic carbocycles. The van der Waals surface area contributed by atoms with Crippen LogP contribution in [0.15, 0.2) is 72.8 Å². The van der Waals surface area contributed by atoms with Crippen LogP contribution in [0.25, 0.3) is 0 Å². The molecule has 0 heterocycles. The van der Waals surface area contributed by atoms with E-state index in [4.69, 9.17) is 0 Å². The minimum atomic E-state index is -0.722. The van der Waals surface area contributed by atoms with E-state index in [0.29, 0.717) is 0 Å². The van der Waals surface area contributed by atoms with Crippen molar-refractivity contribution in [2.75, 3.05) is 0 Å². The highest BCUT2D eigenvalue weighted by atomic mass is 16.2. The molecule has 0 radical (unpaired) electrons. The molecule has 0 saturated heterocycles. The van der Waals surface area contributed by atoms with E-state index in [9.17, 15) is 19.2 Å². The molecule has 4 nitrogen and oxygen atoms in total. The molecule has 0 aromatic heterocycles. The van der Waals surface area contributed by atoms with Gasteiger partial charge >= 0.3 is 0 Å². The van der Waals surface area contributed by atoms with Crippen LogP contribution in [0.3, 0.4) is 0 Å². The molecule has 0 amide bonds. The van der Waals surface area contributed by atoms with Crippen molar-refractivity contribution in [3.05, 3.63) is 106 Å². The smallest absolute Gasteiger partial charge is 0.233 e. The highest BCUT2D eigenvalue weighted by molar-refractivity contribution is 6.51. The van der Waals surface area contributed by atoms with E-state index < -0.39 is 23.1 Å². The van der Waals surface area contributed by atoms with E-state index in [0.717, 1.165) is 11.1 Å². The van der Waals surface area contributed by atoms with Gasteiger partial charge in [-0.3, -0.25) is 19.2 Å². The Morgan fingerprint density at radius 3 is 1.03 bits per heavy atom. The lowest BCUT2D eigenvalue weighted by Gasteiger charge is -2.19. The number of hydrogen-bond donors (Lipinski definition) is 0. The highest BCUT2D eigenvalue weighted by Crippen LogP contribution is 2.24. The Morgan fingerprint density at radius 2 is 0.735 bits per heavy atom. The Balaban J connectivity index is 1.80. The first kappa shape index (κ1) is 25.0. The van der Waals surface area contributed by atoms with Crippen molar-refractivity contribution in [3.63, 3.8) is 0 Å². The van der Waals surface area contributed by atoms with Crippen LogP contribution < -0.4 is 0 Å². The van der Waals surface area contributed by atoms with Gasteiger partial charge in [0.15, 0.2) is 0 Å². The molecule has 0 aliphatic heterocycles. The molecular formula is C30H30O4. The summed E-state index contributed by atoms with van der Waals surface area (Å²) >= 11 is 0. The van der Waals surface area contributed by atoms with Crippen molar-refractivity contribution >= 4 is 23.1 Å². The molecule has 3 aromatic carbocycles. The number of hydrogen-bond acceptors (Lipinski definition) is 4. The Kier molecular flexibility index (Phi) is 6.83. The zero-order valence-corrected chi connectivity index (χ0v) is 20.6. The summed E-state index contributed by atoms with van der Waals surface area (Å²) in [5, 5.41) is 0. The third-order valence-electron chi connectivity index (χ3n) is 5.83. The Morgan fingerprint density at radius 1 is 0.441 bits per heavy atom. The first-order valence-corrected chi connectivity index (χ1v) is 11.3. The van der Waals surface area contributed by atoms with Gasteiger partial charge in [0.25, 0.3) is 0 Å². The maximum absolute atomic E-state index is 12.8. The molecule has 0 spiro atoms. The second kappa shape index (κ2) is 9.30.